The molecule has 8 nitrogen and oxygen atoms in total. The molecule has 3 rings (SSSR count). The highest BCUT2D eigenvalue weighted by Gasteiger charge is 2.10. The fourth-order valence-electron chi connectivity index (χ4n) is 2.94. The van der Waals surface area contributed by atoms with Crippen LogP contribution in [0.1, 0.15) is 22.3 Å². The molecule has 190 valence electrons. The molecular weight excluding hydrogens is 476 g/mol. The summed E-state index contributed by atoms with van der Waals surface area (Å²) >= 11 is 0. The Morgan fingerprint density at radius 1 is 0.730 bits per heavy atom. The molecule has 0 fully saturated rings. The van der Waals surface area contributed by atoms with Crippen LogP contribution in [0, 0.1) is 0 Å². The zero-order valence-corrected chi connectivity index (χ0v) is 20.3. The molecule has 37 heavy (non-hydrogen) atoms. The van der Waals surface area contributed by atoms with E-state index in [0.717, 1.165) is 17.4 Å². The summed E-state index contributed by atoms with van der Waals surface area (Å²) in [5, 5.41) is 0. The molecule has 8 heteroatoms. The molecule has 3 aromatic carbocycles. The average Bonchev–Trinajstić information content (AvgIpc) is 2.93. The van der Waals surface area contributed by atoms with E-state index in [2.05, 4.69) is 6.58 Å². The Morgan fingerprint density at radius 3 is 1.95 bits per heavy atom. The first-order valence-electron chi connectivity index (χ1n) is 11.3. The normalized spacial score (nSPS) is 10.4. The topological polar surface area (TPSA) is 97.4 Å². The highest BCUT2D eigenvalue weighted by atomic mass is 16.5. The second-order valence-corrected chi connectivity index (χ2v) is 7.49. The van der Waals surface area contributed by atoms with Crippen LogP contribution in [0.3, 0.4) is 0 Å². The van der Waals surface area contributed by atoms with Crippen molar-refractivity contribution in [3.05, 3.63) is 103 Å². The Labute approximate surface area is 214 Å². The number of hydrogen-bond acceptors (Lipinski definition) is 8. The van der Waals surface area contributed by atoms with Crippen molar-refractivity contribution in [2.75, 3.05) is 20.3 Å². The molecule has 0 aliphatic rings. The van der Waals surface area contributed by atoms with E-state index >= 15 is 0 Å². The summed E-state index contributed by atoms with van der Waals surface area (Å²) in [6, 6.07) is 19.8. The number of rotatable bonds is 12. The average molecular weight is 503 g/mol. The molecule has 0 unspecified atom stereocenters. The maximum Gasteiger partial charge on any atom is 0.343 e. The fraction of sp³-hybridized carbons (Fsp3) is 0.138. The summed E-state index contributed by atoms with van der Waals surface area (Å²) in [4.78, 5) is 35.5. The summed E-state index contributed by atoms with van der Waals surface area (Å²) in [6.07, 6.45) is 4.58. The molecule has 0 bridgehead atoms. The molecule has 0 atom stereocenters. The Kier molecular flexibility index (Phi) is 10.0. The zero-order chi connectivity index (χ0) is 26.5. The number of ether oxygens (including phenoxy) is 5. The molecule has 0 aliphatic heterocycles. The third-order valence-corrected chi connectivity index (χ3v) is 4.84. The number of carbonyl (C=O) groups excluding carboxylic acids is 3. The highest BCUT2D eigenvalue weighted by Crippen LogP contribution is 2.20. The van der Waals surface area contributed by atoms with Gasteiger partial charge in [0.2, 0.25) is 0 Å². The van der Waals surface area contributed by atoms with Crippen LogP contribution in [0.25, 0.3) is 6.08 Å². The van der Waals surface area contributed by atoms with Gasteiger partial charge in [0, 0.05) is 18.6 Å². The molecule has 0 heterocycles. The van der Waals surface area contributed by atoms with Crippen molar-refractivity contribution in [3.63, 3.8) is 0 Å². The number of methoxy groups -OCH3 is 1. The van der Waals surface area contributed by atoms with Gasteiger partial charge in [-0.3, -0.25) is 0 Å². The third kappa shape index (κ3) is 9.03. The summed E-state index contributed by atoms with van der Waals surface area (Å²) in [7, 11) is 1.58. The summed E-state index contributed by atoms with van der Waals surface area (Å²) in [5.41, 5.74) is 1.16. The molecule has 0 aliphatic carbocycles. The maximum atomic E-state index is 12.4. The maximum absolute atomic E-state index is 12.4. The van der Waals surface area contributed by atoms with Gasteiger partial charge in [0.05, 0.1) is 25.9 Å². The Bertz CT molecular complexity index is 1230. The SMILES string of the molecule is C=CC(=O)OCCCOc1ccc(C(=O)Oc2ccc(OC(=O)/C=C/c3ccc(OC)cc3)cc2)cc1. The van der Waals surface area contributed by atoms with Crippen LogP contribution in [0.4, 0.5) is 0 Å². The van der Waals surface area contributed by atoms with Crippen molar-refractivity contribution >= 4 is 24.0 Å². The molecule has 0 radical (unpaired) electrons. The van der Waals surface area contributed by atoms with Crippen molar-refractivity contribution in [2.45, 2.75) is 6.42 Å². The van der Waals surface area contributed by atoms with Crippen LogP contribution in [0.15, 0.2) is 91.5 Å². The predicted octanol–water partition coefficient (Wildman–Crippen LogP) is 5.03. The van der Waals surface area contributed by atoms with Crippen LogP contribution >= 0.6 is 0 Å². The second-order valence-electron chi connectivity index (χ2n) is 7.49. The van der Waals surface area contributed by atoms with E-state index in [9.17, 15) is 14.4 Å². The van der Waals surface area contributed by atoms with Crippen LogP contribution in [-0.2, 0) is 14.3 Å². The van der Waals surface area contributed by atoms with E-state index in [1.165, 1.54) is 30.3 Å². The zero-order valence-electron chi connectivity index (χ0n) is 20.3. The first-order valence-corrected chi connectivity index (χ1v) is 11.3. The highest BCUT2D eigenvalue weighted by molar-refractivity contribution is 5.91. The fourth-order valence-corrected chi connectivity index (χ4v) is 2.94. The van der Waals surface area contributed by atoms with Gasteiger partial charge in [-0.05, 0) is 72.3 Å². The lowest BCUT2D eigenvalue weighted by Crippen LogP contribution is -2.09. The first kappa shape index (κ1) is 26.7. The van der Waals surface area contributed by atoms with E-state index < -0.39 is 17.9 Å². The van der Waals surface area contributed by atoms with E-state index in [4.69, 9.17) is 23.7 Å². The van der Waals surface area contributed by atoms with Gasteiger partial charge in [-0.2, -0.15) is 0 Å². The molecule has 3 aromatic rings. The van der Waals surface area contributed by atoms with Crippen LogP contribution < -0.4 is 18.9 Å². The molecule has 0 spiro atoms. The minimum absolute atomic E-state index is 0.230. The number of benzene rings is 3. The third-order valence-electron chi connectivity index (χ3n) is 4.84. The lowest BCUT2D eigenvalue weighted by molar-refractivity contribution is -0.138. The predicted molar refractivity (Wildman–Crippen MR) is 137 cm³/mol. The van der Waals surface area contributed by atoms with Gasteiger partial charge in [0.25, 0.3) is 0 Å². The summed E-state index contributed by atoms with van der Waals surface area (Å²) in [6.45, 7) is 3.90. The molecular formula is C29H26O8. The van der Waals surface area contributed by atoms with E-state index in [0.29, 0.717) is 35.8 Å². The van der Waals surface area contributed by atoms with Crippen molar-refractivity contribution in [1.82, 2.24) is 0 Å². The Balaban J connectivity index is 1.44. The number of carbonyl (C=O) groups is 3. The van der Waals surface area contributed by atoms with Crippen molar-refractivity contribution < 1.29 is 38.1 Å². The minimum atomic E-state index is -0.546. The standard InChI is InChI=1S/C29H26O8/c1-3-27(30)35-20-4-19-34-24-12-8-22(9-13-24)29(32)37-26-16-14-25(15-17-26)36-28(31)18-7-21-5-10-23(33-2)11-6-21/h3,5-18H,1,4,19-20H2,2H3/b18-7+. The number of esters is 3. The molecule has 0 amide bonds. The summed E-state index contributed by atoms with van der Waals surface area (Å²) in [5.74, 6) is 0.341. The second kappa shape index (κ2) is 13.9. The van der Waals surface area contributed by atoms with Crippen LogP contribution in [-0.4, -0.2) is 38.2 Å². The van der Waals surface area contributed by atoms with Crippen molar-refractivity contribution in [3.8, 4) is 23.0 Å². The van der Waals surface area contributed by atoms with Gasteiger partial charge >= 0.3 is 17.9 Å². The largest absolute Gasteiger partial charge is 0.497 e. The van der Waals surface area contributed by atoms with Gasteiger partial charge in [0.15, 0.2) is 0 Å². The Morgan fingerprint density at radius 2 is 1.32 bits per heavy atom. The summed E-state index contributed by atoms with van der Waals surface area (Å²) < 4.78 is 26.2. The monoisotopic (exact) mass is 502 g/mol. The smallest absolute Gasteiger partial charge is 0.343 e. The quantitative estimate of drug-likeness (QED) is 0.147. The first-order chi connectivity index (χ1) is 18.0. The molecule has 0 aromatic heterocycles. The van der Waals surface area contributed by atoms with E-state index in [-0.39, 0.29) is 6.61 Å². The molecule has 0 N–H and O–H groups in total. The van der Waals surface area contributed by atoms with Gasteiger partial charge in [-0.1, -0.05) is 18.7 Å². The lowest BCUT2D eigenvalue weighted by Gasteiger charge is -2.08. The minimum Gasteiger partial charge on any atom is -0.497 e. The Hall–Kier alpha value is -4.85. The molecule has 0 saturated carbocycles. The molecule has 0 saturated heterocycles. The lowest BCUT2D eigenvalue weighted by atomic mass is 10.2. The van der Waals surface area contributed by atoms with Crippen LogP contribution in [0.5, 0.6) is 23.0 Å². The van der Waals surface area contributed by atoms with Crippen molar-refractivity contribution in [1.29, 1.82) is 0 Å². The van der Waals surface area contributed by atoms with Gasteiger partial charge in [-0.15, -0.1) is 0 Å². The van der Waals surface area contributed by atoms with Gasteiger partial charge < -0.3 is 23.7 Å². The van der Waals surface area contributed by atoms with Crippen molar-refractivity contribution in [2.24, 2.45) is 0 Å². The van der Waals surface area contributed by atoms with E-state index in [1.807, 2.05) is 12.1 Å². The van der Waals surface area contributed by atoms with E-state index in [1.54, 1.807) is 49.6 Å². The van der Waals surface area contributed by atoms with Crippen LogP contribution in [0.2, 0.25) is 0 Å². The number of hydrogen-bond donors (Lipinski definition) is 0. The van der Waals surface area contributed by atoms with Gasteiger partial charge in [-0.25, -0.2) is 14.4 Å². The van der Waals surface area contributed by atoms with Gasteiger partial charge in [0.1, 0.15) is 23.0 Å².